The molecule has 6 nitrogen and oxygen atoms in total. The summed E-state index contributed by atoms with van der Waals surface area (Å²) in [4.78, 5) is 27.7. The van der Waals surface area contributed by atoms with Crippen molar-refractivity contribution in [3.8, 4) is 0 Å². The molecule has 1 saturated carbocycles. The van der Waals surface area contributed by atoms with E-state index in [1.54, 1.807) is 17.0 Å². The van der Waals surface area contributed by atoms with Crippen molar-refractivity contribution >= 4 is 17.3 Å². The van der Waals surface area contributed by atoms with E-state index in [1.165, 1.54) is 44.6 Å². The van der Waals surface area contributed by atoms with E-state index in [2.05, 4.69) is 4.90 Å². The number of nitro groups is 1. The van der Waals surface area contributed by atoms with E-state index in [0.29, 0.717) is 19.1 Å². The number of anilines is 1. The molecule has 1 saturated heterocycles. The van der Waals surface area contributed by atoms with Gasteiger partial charge >= 0.3 is 0 Å². The highest BCUT2D eigenvalue weighted by molar-refractivity contribution is 5.97. The van der Waals surface area contributed by atoms with Gasteiger partial charge in [0.2, 0.25) is 5.91 Å². The van der Waals surface area contributed by atoms with Gasteiger partial charge in [0.15, 0.2) is 0 Å². The molecule has 0 spiro atoms. The molecule has 0 N–H and O–H groups in total. The molecule has 1 amide bonds. The number of carbonyl (C=O) groups is 1. The molecular formula is C19H25N3O3. The lowest BCUT2D eigenvalue weighted by molar-refractivity contribution is -0.384. The van der Waals surface area contributed by atoms with Gasteiger partial charge in [0.05, 0.1) is 17.2 Å². The second kappa shape index (κ2) is 6.75. The van der Waals surface area contributed by atoms with Gasteiger partial charge in [0.25, 0.3) is 5.69 Å². The van der Waals surface area contributed by atoms with Crippen molar-refractivity contribution in [3.63, 3.8) is 0 Å². The predicted octanol–water partition coefficient (Wildman–Crippen LogP) is 3.14. The number of amides is 1. The molecule has 25 heavy (non-hydrogen) atoms. The van der Waals surface area contributed by atoms with Gasteiger partial charge in [-0.1, -0.05) is 18.9 Å². The van der Waals surface area contributed by atoms with Gasteiger partial charge in [0, 0.05) is 24.7 Å². The Balaban J connectivity index is 1.49. The average Bonchev–Trinajstić information content (AvgIpc) is 3.05. The third kappa shape index (κ3) is 3.15. The number of rotatable bonds is 3. The van der Waals surface area contributed by atoms with Crippen LogP contribution < -0.4 is 4.90 Å². The third-order valence-electron chi connectivity index (χ3n) is 6.17. The topological polar surface area (TPSA) is 66.7 Å². The zero-order valence-corrected chi connectivity index (χ0v) is 14.5. The molecule has 2 aliphatic heterocycles. The van der Waals surface area contributed by atoms with E-state index in [4.69, 9.17) is 0 Å². The number of piperidine rings is 1. The Morgan fingerprint density at radius 1 is 1.16 bits per heavy atom. The van der Waals surface area contributed by atoms with Crippen LogP contribution in [0.25, 0.3) is 0 Å². The molecule has 2 atom stereocenters. The fourth-order valence-corrected chi connectivity index (χ4v) is 4.92. The van der Waals surface area contributed by atoms with Crippen LogP contribution in [0, 0.1) is 16.0 Å². The third-order valence-corrected chi connectivity index (χ3v) is 6.17. The lowest BCUT2D eigenvalue weighted by Gasteiger charge is -2.44. The number of carbonyl (C=O) groups excluding carboxylic acids is 1. The lowest BCUT2D eigenvalue weighted by Crippen LogP contribution is -2.51. The number of nitrogens with zero attached hydrogens (tertiary/aromatic N) is 3. The second-order valence-electron chi connectivity index (χ2n) is 7.59. The molecule has 0 aromatic heterocycles. The average molecular weight is 343 g/mol. The maximum absolute atomic E-state index is 12.9. The summed E-state index contributed by atoms with van der Waals surface area (Å²) in [6.45, 7) is 2.09. The number of likely N-dealkylation sites (tertiary alicyclic amines) is 1. The van der Waals surface area contributed by atoms with E-state index < -0.39 is 4.92 Å². The number of fused-ring (bicyclic) bond motifs is 2. The first kappa shape index (κ1) is 16.5. The van der Waals surface area contributed by atoms with Crippen LogP contribution in [-0.2, 0) is 11.2 Å². The Morgan fingerprint density at radius 2 is 1.96 bits per heavy atom. The molecule has 2 heterocycles. The summed E-state index contributed by atoms with van der Waals surface area (Å²) in [6.07, 6.45) is 8.36. The molecule has 3 aliphatic rings. The van der Waals surface area contributed by atoms with E-state index in [0.717, 1.165) is 30.1 Å². The van der Waals surface area contributed by atoms with Crippen LogP contribution in [-0.4, -0.2) is 41.4 Å². The standard InChI is InChI=1S/C19H25N3O3/c23-19(13-20-10-3-5-14-4-1-2-6-17(14)20)21-11-9-15-7-8-16(22(24)25)12-18(15)21/h7-8,12,14,17H,1-6,9-11,13H2. The number of hydrogen-bond donors (Lipinski definition) is 0. The Hall–Kier alpha value is -1.95. The summed E-state index contributed by atoms with van der Waals surface area (Å²) in [5.41, 5.74) is 1.83. The molecule has 1 aromatic carbocycles. The molecule has 0 bridgehead atoms. The van der Waals surface area contributed by atoms with E-state index >= 15 is 0 Å². The van der Waals surface area contributed by atoms with Gasteiger partial charge < -0.3 is 4.90 Å². The number of hydrogen-bond acceptors (Lipinski definition) is 4. The Morgan fingerprint density at radius 3 is 2.80 bits per heavy atom. The highest BCUT2D eigenvalue weighted by Crippen LogP contribution is 2.36. The van der Waals surface area contributed by atoms with E-state index in [-0.39, 0.29) is 11.6 Å². The van der Waals surface area contributed by atoms with Gasteiger partial charge in [-0.05, 0) is 50.1 Å². The molecule has 2 unspecified atom stereocenters. The monoisotopic (exact) mass is 343 g/mol. The van der Waals surface area contributed by atoms with Crippen molar-refractivity contribution in [1.82, 2.24) is 4.90 Å². The number of benzene rings is 1. The summed E-state index contributed by atoms with van der Waals surface area (Å²) in [7, 11) is 0. The van der Waals surface area contributed by atoms with Gasteiger partial charge in [-0.3, -0.25) is 19.8 Å². The van der Waals surface area contributed by atoms with Crippen molar-refractivity contribution < 1.29 is 9.72 Å². The minimum atomic E-state index is -0.390. The number of non-ortho nitro benzene ring substituents is 1. The zero-order chi connectivity index (χ0) is 17.4. The van der Waals surface area contributed by atoms with Crippen LogP contribution >= 0.6 is 0 Å². The molecule has 134 valence electrons. The summed E-state index contributed by atoms with van der Waals surface area (Å²) >= 11 is 0. The van der Waals surface area contributed by atoms with Crippen LogP contribution in [0.15, 0.2) is 18.2 Å². The van der Waals surface area contributed by atoms with Gasteiger partial charge in [-0.25, -0.2) is 0 Å². The van der Waals surface area contributed by atoms with Crippen molar-refractivity contribution in [2.24, 2.45) is 5.92 Å². The van der Waals surface area contributed by atoms with Crippen molar-refractivity contribution in [2.75, 3.05) is 24.5 Å². The Bertz CT molecular complexity index is 688. The minimum absolute atomic E-state index is 0.0590. The first-order valence-corrected chi connectivity index (χ1v) is 9.45. The van der Waals surface area contributed by atoms with Crippen LogP contribution in [0.1, 0.15) is 44.1 Å². The fourth-order valence-electron chi connectivity index (χ4n) is 4.92. The fraction of sp³-hybridized carbons (Fsp3) is 0.632. The summed E-state index contributed by atoms with van der Waals surface area (Å²) in [5, 5.41) is 11.0. The van der Waals surface area contributed by atoms with Crippen LogP contribution in [0.2, 0.25) is 0 Å². The van der Waals surface area contributed by atoms with Crippen molar-refractivity contribution in [2.45, 2.75) is 51.0 Å². The maximum Gasteiger partial charge on any atom is 0.271 e. The van der Waals surface area contributed by atoms with E-state index in [9.17, 15) is 14.9 Å². The molecule has 2 fully saturated rings. The smallest absolute Gasteiger partial charge is 0.271 e. The lowest BCUT2D eigenvalue weighted by atomic mass is 9.78. The first-order chi connectivity index (χ1) is 12.1. The summed E-state index contributed by atoms with van der Waals surface area (Å²) < 4.78 is 0. The first-order valence-electron chi connectivity index (χ1n) is 9.45. The van der Waals surface area contributed by atoms with Gasteiger partial charge in [-0.2, -0.15) is 0 Å². The van der Waals surface area contributed by atoms with Gasteiger partial charge in [0.1, 0.15) is 0 Å². The van der Waals surface area contributed by atoms with Crippen LogP contribution in [0.5, 0.6) is 0 Å². The summed E-state index contributed by atoms with van der Waals surface area (Å²) in [5.74, 6) is 0.840. The largest absolute Gasteiger partial charge is 0.310 e. The van der Waals surface area contributed by atoms with Crippen molar-refractivity contribution in [3.05, 3.63) is 33.9 Å². The predicted molar refractivity (Wildman–Crippen MR) is 95.7 cm³/mol. The molecular weight excluding hydrogens is 318 g/mol. The Kier molecular flexibility index (Phi) is 4.46. The number of nitro benzene ring substituents is 1. The maximum atomic E-state index is 12.9. The molecule has 1 aromatic rings. The summed E-state index contributed by atoms with van der Waals surface area (Å²) in [6, 6.07) is 5.43. The highest BCUT2D eigenvalue weighted by atomic mass is 16.6. The molecule has 6 heteroatoms. The molecule has 0 radical (unpaired) electrons. The van der Waals surface area contributed by atoms with Gasteiger partial charge in [-0.15, -0.1) is 0 Å². The van der Waals surface area contributed by atoms with Crippen molar-refractivity contribution in [1.29, 1.82) is 0 Å². The quantitative estimate of drug-likeness (QED) is 0.625. The van der Waals surface area contributed by atoms with Crippen LogP contribution in [0.3, 0.4) is 0 Å². The molecule has 1 aliphatic carbocycles. The minimum Gasteiger partial charge on any atom is -0.310 e. The SMILES string of the molecule is O=C(CN1CCCC2CCCCC21)N1CCc2ccc([N+](=O)[O-])cc21. The normalized spacial score (nSPS) is 26.2. The second-order valence-corrected chi connectivity index (χ2v) is 7.59. The Labute approximate surface area is 147 Å². The zero-order valence-electron chi connectivity index (χ0n) is 14.5. The van der Waals surface area contributed by atoms with E-state index in [1.807, 2.05) is 0 Å². The highest BCUT2D eigenvalue weighted by Gasteiger charge is 2.35. The molecule has 4 rings (SSSR count). The van der Waals surface area contributed by atoms with Crippen LogP contribution in [0.4, 0.5) is 11.4 Å².